The molecule has 0 radical (unpaired) electrons. The molecule has 13 heavy (non-hydrogen) atoms. The van der Waals surface area contributed by atoms with Gasteiger partial charge in [-0.05, 0) is 18.6 Å². The molecular weight excluding hydrogens is 174 g/mol. The molecule has 68 valence electrons. The van der Waals surface area contributed by atoms with E-state index in [0.29, 0.717) is 5.69 Å². The minimum atomic E-state index is -2.57. The number of aromatic nitrogens is 1. The smallest absolute Gasteiger partial charge is 0.250 e. The van der Waals surface area contributed by atoms with E-state index >= 15 is 0 Å². The number of nitrogens with zero attached hydrogens (tertiary/aromatic N) is 2. The Labute approximate surface area is 74.8 Å². The van der Waals surface area contributed by atoms with Gasteiger partial charge >= 0.3 is 0 Å². The van der Waals surface area contributed by atoms with Crippen molar-refractivity contribution >= 4 is 0 Å². The number of hydrogen-bond acceptors (Lipinski definition) is 2. The summed E-state index contributed by atoms with van der Waals surface area (Å²) >= 11 is 0. The maximum atomic E-state index is 12.2. The Morgan fingerprint density at radius 2 is 2.23 bits per heavy atom. The quantitative estimate of drug-likeness (QED) is 0.704. The minimum absolute atomic E-state index is 0.0758. The summed E-state index contributed by atoms with van der Waals surface area (Å²) in [6.07, 6.45) is -2.50. The van der Waals surface area contributed by atoms with Gasteiger partial charge in [-0.3, -0.25) is 4.98 Å². The second-order valence-electron chi connectivity index (χ2n) is 2.64. The summed E-state index contributed by atoms with van der Waals surface area (Å²) in [4.78, 5) is 3.69. The number of rotatable bonds is 2. The molecule has 0 amide bonds. The van der Waals surface area contributed by atoms with Gasteiger partial charge in [-0.2, -0.15) is 5.26 Å². The molecule has 0 aromatic carbocycles. The second-order valence-corrected chi connectivity index (χ2v) is 2.64. The van der Waals surface area contributed by atoms with Gasteiger partial charge in [0, 0.05) is 0 Å². The van der Waals surface area contributed by atoms with Crippen LogP contribution in [0.4, 0.5) is 8.78 Å². The maximum absolute atomic E-state index is 12.2. The Balaban J connectivity index is 3.05. The van der Waals surface area contributed by atoms with Crippen LogP contribution in [0.1, 0.15) is 23.4 Å². The molecular formula is C9H8F2N2. The molecule has 0 saturated heterocycles. The van der Waals surface area contributed by atoms with Crippen molar-refractivity contribution in [2.24, 2.45) is 0 Å². The highest BCUT2D eigenvalue weighted by Crippen LogP contribution is 2.18. The van der Waals surface area contributed by atoms with Crippen LogP contribution < -0.4 is 0 Å². The Morgan fingerprint density at radius 1 is 1.54 bits per heavy atom. The zero-order valence-electron chi connectivity index (χ0n) is 7.09. The van der Waals surface area contributed by atoms with Crippen molar-refractivity contribution in [2.75, 3.05) is 0 Å². The first kappa shape index (κ1) is 9.59. The lowest BCUT2D eigenvalue weighted by Crippen LogP contribution is -1.98. The van der Waals surface area contributed by atoms with E-state index in [1.807, 2.05) is 6.07 Å². The lowest BCUT2D eigenvalue weighted by atomic mass is 10.1. The number of alkyl halides is 2. The Hall–Kier alpha value is -1.50. The fraction of sp³-hybridized carbons (Fsp3) is 0.333. The monoisotopic (exact) mass is 182 g/mol. The summed E-state index contributed by atoms with van der Waals surface area (Å²) in [7, 11) is 0. The van der Waals surface area contributed by atoms with Gasteiger partial charge in [0.05, 0.1) is 18.2 Å². The summed E-state index contributed by atoms with van der Waals surface area (Å²) in [5.41, 5.74) is 0.933. The van der Waals surface area contributed by atoms with Gasteiger partial charge in [-0.25, -0.2) is 8.78 Å². The molecule has 1 heterocycles. The van der Waals surface area contributed by atoms with Crippen molar-refractivity contribution in [2.45, 2.75) is 19.8 Å². The topological polar surface area (TPSA) is 36.7 Å². The third-order valence-corrected chi connectivity index (χ3v) is 1.69. The molecule has 0 unspecified atom stereocenters. The summed E-state index contributed by atoms with van der Waals surface area (Å²) in [5, 5.41) is 8.40. The summed E-state index contributed by atoms with van der Waals surface area (Å²) in [6.45, 7) is 1.74. The largest absolute Gasteiger partial charge is 0.280 e. The van der Waals surface area contributed by atoms with Crippen LogP contribution in [0.25, 0.3) is 0 Å². The lowest BCUT2D eigenvalue weighted by Gasteiger charge is -2.03. The average Bonchev–Trinajstić information content (AvgIpc) is 2.08. The van der Waals surface area contributed by atoms with Gasteiger partial charge in [0.1, 0.15) is 5.69 Å². The van der Waals surface area contributed by atoms with E-state index in [0.717, 1.165) is 5.56 Å². The van der Waals surface area contributed by atoms with E-state index in [9.17, 15) is 8.78 Å². The number of hydrogen-bond donors (Lipinski definition) is 0. The van der Waals surface area contributed by atoms with Crippen molar-refractivity contribution in [3.05, 3.63) is 29.1 Å². The zero-order chi connectivity index (χ0) is 9.84. The standard InChI is InChI=1S/C9H8F2N2/c1-6-2-3-8(9(10)11)13-7(6)4-5-12/h2-3,9H,4H2,1H3. The summed E-state index contributed by atoms with van der Waals surface area (Å²) in [6, 6.07) is 4.72. The number of halogens is 2. The molecule has 0 atom stereocenters. The van der Waals surface area contributed by atoms with Crippen molar-refractivity contribution in [1.82, 2.24) is 4.98 Å². The number of aryl methyl sites for hydroxylation is 1. The van der Waals surface area contributed by atoms with Gasteiger partial charge in [0.2, 0.25) is 0 Å². The van der Waals surface area contributed by atoms with Crippen LogP contribution in [0, 0.1) is 18.3 Å². The molecule has 4 heteroatoms. The van der Waals surface area contributed by atoms with E-state index in [1.54, 1.807) is 13.0 Å². The van der Waals surface area contributed by atoms with Gasteiger partial charge in [0.15, 0.2) is 0 Å². The number of nitriles is 1. The molecule has 0 spiro atoms. The van der Waals surface area contributed by atoms with Gasteiger partial charge in [-0.15, -0.1) is 0 Å². The van der Waals surface area contributed by atoms with Crippen molar-refractivity contribution in [3.63, 3.8) is 0 Å². The highest BCUT2D eigenvalue weighted by Gasteiger charge is 2.10. The first-order chi connectivity index (χ1) is 6.15. The maximum Gasteiger partial charge on any atom is 0.280 e. The van der Waals surface area contributed by atoms with Crippen LogP contribution in [0.15, 0.2) is 12.1 Å². The van der Waals surface area contributed by atoms with E-state index in [-0.39, 0.29) is 12.1 Å². The molecule has 0 bridgehead atoms. The SMILES string of the molecule is Cc1ccc(C(F)F)nc1CC#N. The highest BCUT2D eigenvalue weighted by molar-refractivity contribution is 5.24. The molecule has 1 aromatic heterocycles. The third kappa shape index (κ3) is 2.22. The first-order valence-corrected chi connectivity index (χ1v) is 3.76. The second kappa shape index (κ2) is 3.94. The molecule has 0 aliphatic carbocycles. The Morgan fingerprint density at radius 3 is 2.77 bits per heavy atom. The normalized spacial score (nSPS) is 10.1. The molecule has 1 aromatic rings. The van der Waals surface area contributed by atoms with E-state index in [1.165, 1.54) is 6.07 Å². The van der Waals surface area contributed by atoms with Crippen LogP contribution in [0.3, 0.4) is 0 Å². The fourth-order valence-corrected chi connectivity index (χ4v) is 0.963. The minimum Gasteiger partial charge on any atom is -0.250 e. The van der Waals surface area contributed by atoms with Crippen LogP contribution in [0.5, 0.6) is 0 Å². The summed E-state index contributed by atoms with van der Waals surface area (Å²) < 4.78 is 24.3. The summed E-state index contributed by atoms with van der Waals surface area (Å²) in [5.74, 6) is 0. The molecule has 0 N–H and O–H groups in total. The fourth-order valence-electron chi connectivity index (χ4n) is 0.963. The van der Waals surface area contributed by atoms with Crippen LogP contribution >= 0.6 is 0 Å². The van der Waals surface area contributed by atoms with Crippen molar-refractivity contribution < 1.29 is 8.78 Å². The molecule has 0 aliphatic heterocycles. The van der Waals surface area contributed by atoms with Gasteiger partial charge in [-0.1, -0.05) is 6.07 Å². The van der Waals surface area contributed by atoms with Crippen molar-refractivity contribution in [1.29, 1.82) is 5.26 Å². The third-order valence-electron chi connectivity index (χ3n) is 1.69. The number of pyridine rings is 1. The van der Waals surface area contributed by atoms with E-state index in [2.05, 4.69) is 4.98 Å². The van der Waals surface area contributed by atoms with E-state index in [4.69, 9.17) is 5.26 Å². The predicted molar refractivity (Wildman–Crippen MR) is 43.2 cm³/mol. The highest BCUT2D eigenvalue weighted by atomic mass is 19.3. The van der Waals surface area contributed by atoms with Crippen LogP contribution in [0.2, 0.25) is 0 Å². The van der Waals surface area contributed by atoms with Gasteiger partial charge in [0.25, 0.3) is 6.43 Å². The molecule has 2 nitrogen and oxygen atoms in total. The van der Waals surface area contributed by atoms with Crippen LogP contribution in [-0.2, 0) is 6.42 Å². The molecule has 0 fully saturated rings. The zero-order valence-corrected chi connectivity index (χ0v) is 7.09. The van der Waals surface area contributed by atoms with Crippen LogP contribution in [-0.4, -0.2) is 4.98 Å². The Kier molecular flexibility index (Phi) is 2.91. The molecule has 1 rings (SSSR count). The van der Waals surface area contributed by atoms with Crippen molar-refractivity contribution in [3.8, 4) is 6.07 Å². The molecule has 0 aliphatic rings. The van der Waals surface area contributed by atoms with E-state index < -0.39 is 6.43 Å². The molecule has 0 saturated carbocycles. The average molecular weight is 182 g/mol. The predicted octanol–water partition coefficient (Wildman–Crippen LogP) is 2.39. The van der Waals surface area contributed by atoms with Gasteiger partial charge < -0.3 is 0 Å². The lowest BCUT2D eigenvalue weighted by molar-refractivity contribution is 0.146. The first-order valence-electron chi connectivity index (χ1n) is 3.76. The Bertz CT molecular complexity index is 342.